The van der Waals surface area contributed by atoms with E-state index in [0.29, 0.717) is 69.8 Å². The van der Waals surface area contributed by atoms with Gasteiger partial charge in [0.1, 0.15) is 30.3 Å². The molecular formula is C32H32Cl2N6O4. The van der Waals surface area contributed by atoms with Crippen LogP contribution in [0, 0.1) is 11.3 Å². The number of nitriles is 1. The summed E-state index contributed by atoms with van der Waals surface area (Å²) in [5, 5.41) is 17.2. The Labute approximate surface area is 267 Å². The number of anilines is 3. The number of aromatic nitrogens is 2. The number of benzene rings is 2. The molecule has 4 aromatic rings. The maximum Gasteiger partial charge on any atom is 0.248 e. The van der Waals surface area contributed by atoms with Crippen LogP contribution in [0.5, 0.6) is 11.5 Å². The fraction of sp³-hybridized carbons (Fsp3) is 0.250. The molecule has 1 amide bonds. The molecule has 0 radical (unpaired) electrons. The summed E-state index contributed by atoms with van der Waals surface area (Å²) in [5.74, 6) is 0.668. The van der Waals surface area contributed by atoms with E-state index in [1.807, 2.05) is 43.3 Å². The molecule has 12 heteroatoms. The van der Waals surface area contributed by atoms with Gasteiger partial charge >= 0.3 is 0 Å². The third-order valence-corrected chi connectivity index (χ3v) is 6.87. The summed E-state index contributed by atoms with van der Waals surface area (Å²) in [6.07, 6.45) is 7.06. The van der Waals surface area contributed by atoms with Gasteiger partial charge in [0, 0.05) is 48.6 Å². The Kier molecular flexibility index (Phi) is 11.4. The number of carbonyl (C=O) groups excluding carboxylic acids is 1. The van der Waals surface area contributed by atoms with E-state index in [4.69, 9.17) is 25.8 Å². The molecule has 2 aromatic heterocycles. The summed E-state index contributed by atoms with van der Waals surface area (Å²) >= 11 is 6.55. The topological polar surface area (TPSA) is 122 Å². The van der Waals surface area contributed by atoms with Gasteiger partial charge in [-0.15, -0.1) is 12.4 Å². The van der Waals surface area contributed by atoms with Crippen molar-refractivity contribution in [3.63, 3.8) is 0 Å². The minimum absolute atomic E-state index is 0. The Bertz CT molecular complexity index is 1670. The van der Waals surface area contributed by atoms with Crippen LogP contribution < -0.4 is 20.1 Å². The van der Waals surface area contributed by atoms with Crippen molar-refractivity contribution in [3.8, 4) is 17.6 Å². The first-order valence-corrected chi connectivity index (χ1v) is 14.1. The van der Waals surface area contributed by atoms with Crippen LogP contribution in [0.3, 0.4) is 0 Å². The average molecular weight is 636 g/mol. The van der Waals surface area contributed by atoms with Crippen molar-refractivity contribution in [2.45, 2.75) is 19.1 Å². The van der Waals surface area contributed by atoms with E-state index < -0.39 is 0 Å². The first kappa shape index (κ1) is 32.5. The van der Waals surface area contributed by atoms with Crippen LogP contribution >= 0.6 is 24.0 Å². The summed E-state index contributed by atoms with van der Waals surface area (Å²) < 4.78 is 17.5. The third kappa shape index (κ3) is 8.36. The number of rotatable bonds is 11. The van der Waals surface area contributed by atoms with Crippen LogP contribution in [0.2, 0.25) is 5.02 Å². The van der Waals surface area contributed by atoms with Crippen molar-refractivity contribution in [3.05, 3.63) is 89.4 Å². The van der Waals surface area contributed by atoms with E-state index in [1.165, 1.54) is 12.3 Å². The molecule has 1 aliphatic heterocycles. The van der Waals surface area contributed by atoms with Gasteiger partial charge in [0.05, 0.1) is 46.4 Å². The Morgan fingerprint density at radius 3 is 2.77 bits per heavy atom. The van der Waals surface area contributed by atoms with Crippen molar-refractivity contribution < 1.29 is 19.0 Å². The van der Waals surface area contributed by atoms with Crippen LogP contribution in [0.1, 0.15) is 17.7 Å². The second-order valence-corrected chi connectivity index (χ2v) is 10.6. The minimum atomic E-state index is -0.305. The van der Waals surface area contributed by atoms with E-state index >= 15 is 0 Å². The monoisotopic (exact) mass is 634 g/mol. The van der Waals surface area contributed by atoms with Gasteiger partial charge in [-0.1, -0.05) is 23.7 Å². The zero-order chi connectivity index (χ0) is 30.2. The van der Waals surface area contributed by atoms with Crippen LogP contribution in [0.4, 0.5) is 17.1 Å². The van der Waals surface area contributed by atoms with Gasteiger partial charge in [0.25, 0.3) is 0 Å². The van der Waals surface area contributed by atoms with Crippen LogP contribution in [0.25, 0.3) is 10.9 Å². The number of fused-ring (bicyclic) bond motifs is 1. The van der Waals surface area contributed by atoms with Gasteiger partial charge in [0.15, 0.2) is 0 Å². The van der Waals surface area contributed by atoms with Crippen molar-refractivity contribution in [2.75, 3.05) is 44.5 Å². The van der Waals surface area contributed by atoms with Gasteiger partial charge in [-0.2, -0.15) is 5.26 Å². The SMILES string of the molecule is CN(C)C/C=C/C(=O)Nc1cc2c(Nc3ccc(OCc4ccccn4)c(Cl)c3)c(C#N)cnc2cc1OC1CCOC1.Cl. The Balaban J connectivity index is 0.00000442. The van der Waals surface area contributed by atoms with Gasteiger partial charge in [-0.25, -0.2) is 0 Å². The molecule has 3 heterocycles. The molecule has 5 rings (SSSR count). The smallest absolute Gasteiger partial charge is 0.248 e. The van der Waals surface area contributed by atoms with Gasteiger partial charge in [0.2, 0.25) is 5.91 Å². The highest BCUT2D eigenvalue weighted by Gasteiger charge is 2.21. The van der Waals surface area contributed by atoms with E-state index in [0.717, 1.165) is 12.1 Å². The number of nitrogens with zero attached hydrogens (tertiary/aromatic N) is 4. The Morgan fingerprint density at radius 2 is 2.07 bits per heavy atom. The summed E-state index contributed by atoms with van der Waals surface area (Å²) in [7, 11) is 3.84. The predicted molar refractivity (Wildman–Crippen MR) is 173 cm³/mol. The Hall–Kier alpha value is -4.40. The lowest BCUT2D eigenvalue weighted by atomic mass is 10.1. The molecule has 1 atom stereocenters. The molecule has 1 unspecified atom stereocenters. The van der Waals surface area contributed by atoms with Crippen molar-refractivity contribution in [2.24, 2.45) is 0 Å². The van der Waals surface area contributed by atoms with Crippen molar-refractivity contribution in [1.82, 2.24) is 14.9 Å². The molecule has 2 N–H and O–H groups in total. The van der Waals surface area contributed by atoms with Gasteiger partial charge in [-0.3, -0.25) is 14.8 Å². The molecular weight excluding hydrogens is 603 g/mol. The van der Waals surface area contributed by atoms with Crippen LogP contribution in [0.15, 0.2) is 73.1 Å². The number of ether oxygens (including phenoxy) is 3. The van der Waals surface area contributed by atoms with E-state index in [2.05, 4.69) is 26.7 Å². The number of hydrogen-bond acceptors (Lipinski definition) is 9. The first-order chi connectivity index (χ1) is 20.9. The quantitative estimate of drug-likeness (QED) is 0.188. The molecule has 1 aliphatic rings. The largest absolute Gasteiger partial charge is 0.486 e. The highest BCUT2D eigenvalue weighted by Crippen LogP contribution is 2.38. The van der Waals surface area contributed by atoms with E-state index in [-0.39, 0.29) is 31.0 Å². The van der Waals surface area contributed by atoms with Crippen molar-refractivity contribution >= 4 is 57.9 Å². The zero-order valence-corrected chi connectivity index (χ0v) is 25.8. The third-order valence-electron chi connectivity index (χ3n) is 6.57. The second kappa shape index (κ2) is 15.4. The number of carbonyl (C=O) groups is 1. The van der Waals surface area contributed by atoms with Gasteiger partial charge in [-0.05, 0) is 50.5 Å². The highest BCUT2D eigenvalue weighted by molar-refractivity contribution is 6.32. The molecule has 0 saturated carbocycles. The summed E-state index contributed by atoms with van der Waals surface area (Å²) in [4.78, 5) is 23.5. The lowest BCUT2D eigenvalue weighted by molar-refractivity contribution is -0.111. The minimum Gasteiger partial charge on any atom is -0.486 e. The van der Waals surface area contributed by atoms with Crippen LogP contribution in [-0.2, 0) is 16.1 Å². The lowest BCUT2D eigenvalue weighted by Gasteiger charge is -2.19. The predicted octanol–water partition coefficient (Wildman–Crippen LogP) is 6.12. The summed E-state index contributed by atoms with van der Waals surface area (Å²) in [6.45, 7) is 1.97. The van der Waals surface area contributed by atoms with Gasteiger partial charge < -0.3 is 29.7 Å². The molecule has 1 fully saturated rings. The number of likely N-dealkylation sites (N-methyl/N-ethyl adjacent to an activating group) is 1. The molecule has 228 valence electrons. The fourth-order valence-corrected chi connectivity index (χ4v) is 4.68. The lowest BCUT2D eigenvalue weighted by Crippen LogP contribution is -2.18. The summed E-state index contributed by atoms with van der Waals surface area (Å²) in [5.41, 5.74) is 3.29. The molecule has 0 bridgehead atoms. The molecule has 1 saturated heterocycles. The molecule has 2 aromatic carbocycles. The van der Waals surface area contributed by atoms with E-state index in [9.17, 15) is 10.1 Å². The number of hydrogen-bond donors (Lipinski definition) is 2. The molecule has 10 nitrogen and oxygen atoms in total. The normalized spacial score (nSPS) is 14.3. The number of nitrogens with one attached hydrogen (secondary N) is 2. The van der Waals surface area contributed by atoms with Crippen LogP contribution in [-0.4, -0.2) is 60.7 Å². The first-order valence-electron chi connectivity index (χ1n) is 13.7. The maximum absolute atomic E-state index is 12.8. The number of amides is 1. The second-order valence-electron chi connectivity index (χ2n) is 10.2. The Morgan fingerprint density at radius 1 is 1.20 bits per heavy atom. The standard InChI is InChI=1S/C32H31ClN6O4.ClH/c1-39(2)12-5-7-31(40)38-28-15-25-27(16-30(28)43-24-10-13-41-20-24)36-18-21(17-34)32(25)37-22-8-9-29(26(33)14-22)42-19-23-6-3-4-11-35-23;/h3-9,11,14-16,18,24H,10,12-13,19-20H2,1-2H3,(H,36,37)(H,38,40);1H/b7-5+;. The van der Waals surface area contributed by atoms with Crippen molar-refractivity contribution in [1.29, 1.82) is 5.26 Å². The number of pyridine rings is 2. The maximum atomic E-state index is 12.8. The number of halogens is 2. The molecule has 44 heavy (non-hydrogen) atoms. The fourth-order valence-electron chi connectivity index (χ4n) is 4.44. The van der Waals surface area contributed by atoms with E-state index in [1.54, 1.807) is 36.5 Å². The highest BCUT2D eigenvalue weighted by atomic mass is 35.5. The zero-order valence-electron chi connectivity index (χ0n) is 24.2. The molecule has 0 aliphatic carbocycles. The molecule has 0 spiro atoms. The summed E-state index contributed by atoms with van der Waals surface area (Å²) in [6, 6.07) is 16.6. The average Bonchev–Trinajstić information content (AvgIpc) is 3.51.